The summed E-state index contributed by atoms with van der Waals surface area (Å²) in [7, 11) is 0. The van der Waals surface area contributed by atoms with Crippen molar-refractivity contribution in [2.24, 2.45) is 0 Å². The van der Waals surface area contributed by atoms with Crippen LogP contribution in [-0.2, 0) is 0 Å². The Morgan fingerprint density at radius 1 is 1.05 bits per heavy atom. The van der Waals surface area contributed by atoms with Crippen molar-refractivity contribution in [2.75, 3.05) is 16.8 Å². The summed E-state index contributed by atoms with van der Waals surface area (Å²) in [6, 6.07) is 16.5. The van der Waals surface area contributed by atoms with Gasteiger partial charge in [-0.2, -0.15) is 0 Å². The van der Waals surface area contributed by atoms with Crippen molar-refractivity contribution in [3.63, 3.8) is 0 Å². The fourth-order valence-electron chi connectivity index (χ4n) is 2.06. The molecule has 0 bridgehead atoms. The molecule has 2 aromatic carbocycles. The molecule has 0 radical (unpaired) electrons. The van der Waals surface area contributed by atoms with Crippen molar-refractivity contribution in [1.29, 1.82) is 0 Å². The van der Waals surface area contributed by atoms with Crippen LogP contribution in [0.25, 0.3) is 0 Å². The standard InChI is InChI=1S/C17H20N2S/c1-4-19(16-8-6-5-7-9-16)17(20)18-15-11-10-13(2)14(3)12-15/h5-12H,4H2,1-3H3,(H,18,20). The maximum atomic E-state index is 5.53. The minimum Gasteiger partial charge on any atom is -0.332 e. The lowest BCUT2D eigenvalue weighted by Crippen LogP contribution is -2.34. The van der Waals surface area contributed by atoms with E-state index in [0.717, 1.165) is 23.0 Å². The van der Waals surface area contributed by atoms with Crippen molar-refractivity contribution < 1.29 is 0 Å². The molecule has 104 valence electrons. The molecule has 0 saturated carbocycles. The van der Waals surface area contributed by atoms with Gasteiger partial charge in [-0.3, -0.25) is 0 Å². The molecule has 2 nitrogen and oxygen atoms in total. The quantitative estimate of drug-likeness (QED) is 0.834. The van der Waals surface area contributed by atoms with Crippen LogP contribution >= 0.6 is 12.2 Å². The zero-order valence-electron chi connectivity index (χ0n) is 12.2. The molecule has 0 saturated heterocycles. The molecule has 2 aromatic rings. The number of hydrogen-bond donors (Lipinski definition) is 1. The van der Waals surface area contributed by atoms with Crippen LogP contribution in [0, 0.1) is 13.8 Å². The van der Waals surface area contributed by atoms with E-state index >= 15 is 0 Å². The van der Waals surface area contributed by atoms with Crippen molar-refractivity contribution in [3.8, 4) is 0 Å². The van der Waals surface area contributed by atoms with Crippen LogP contribution in [0.2, 0.25) is 0 Å². The molecular formula is C17H20N2S. The van der Waals surface area contributed by atoms with E-state index in [1.54, 1.807) is 0 Å². The first-order valence-corrected chi connectivity index (χ1v) is 7.23. The van der Waals surface area contributed by atoms with Crippen LogP contribution in [0.4, 0.5) is 11.4 Å². The molecule has 0 aliphatic carbocycles. The summed E-state index contributed by atoms with van der Waals surface area (Å²) in [4.78, 5) is 2.09. The summed E-state index contributed by atoms with van der Waals surface area (Å²) in [5.41, 5.74) is 4.70. The van der Waals surface area contributed by atoms with Gasteiger partial charge in [-0.25, -0.2) is 0 Å². The highest BCUT2D eigenvalue weighted by Gasteiger charge is 2.10. The molecule has 0 fully saturated rings. The zero-order chi connectivity index (χ0) is 14.5. The molecule has 0 unspecified atom stereocenters. The number of rotatable bonds is 3. The summed E-state index contributed by atoms with van der Waals surface area (Å²) >= 11 is 5.53. The molecule has 0 aromatic heterocycles. The zero-order valence-corrected chi connectivity index (χ0v) is 13.0. The van der Waals surface area contributed by atoms with E-state index in [1.807, 2.05) is 18.2 Å². The van der Waals surface area contributed by atoms with Gasteiger partial charge in [0.05, 0.1) is 0 Å². The second-order valence-corrected chi connectivity index (χ2v) is 5.20. The third-order valence-corrected chi connectivity index (χ3v) is 3.71. The summed E-state index contributed by atoms with van der Waals surface area (Å²) in [6.07, 6.45) is 0. The van der Waals surface area contributed by atoms with E-state index in [2.05, 4.69) is 61.3 Å². The highest BCUT2D eigenvalue weighted by Crippen LogP contribution is 2.18. The van der Waals surface area contributed by atoms with Crippen LogP contribution in [0.3, 0.4) is 0 Å². The highest BCUT2D eigenvalue weighted by molar-refractivity contribution is 7.80. The Kier molecular flexibility index (Phi) is 4.74. The van der Waals surface area contributed by atoms with Gasteiger partial charge >= 0.3 is 0 Å². The average Bonchev–Trinajstić information content (AvgIpc) is 2.45. The lowest BCUT2D eigenvalue weighted by Gasteiger charge is -2.24. The largest absolute Gasteiger partial charge is 0.332 e. The molecule has 0 atom stereocenters. The van der Waals surface area contributed by atoms with Crippen LogP contribution in [0.15, 0.2) is 48.5 Å². The van der Waals surface area contributed by atoms with E-state index in [-0.39, 0.29) is 0 Å². The maximum absolute atomic E-state index is 5.53. The predicted molar refractivity (Wildman–Crippen MR) is 91.6 cm³/mol. The van der Waals surface area contributed by atoms with Gasteiger partial charge in [0.1, 0.15) is 0 Å². The topological polar surface area (TPSA) is 15.3 Å². The van der Waals surface area contributed by atoms with Gasteiger partial charge in [0.25, 0.3) is 0 Å². The Hall–Kier alpha value is -1.87. The van der Waals surface area contributed by atoms with Gasteiger partial charge < -0.3 is 10.2 Å². The van der Waals surface area contributed by atoms with Gasteiger partial charge in [0.2, 0.25) is 0 Å². The molecule has 0 aliphatic heterocycles. The average molecular weight is 284 g/mol. The summed E-state index contributed by atoms with van der Waals surface area (Å²) in [6.45, 7) is 7.15. The Balaban J connectivity index is 2.15. The third-order valence-electron chi connectivity index (χ3n) is 3.39. The van der Waals surface area contributed by atoms with Crippen molar-refractivity contribution in [3.05, 3.63) is 59.7 Å². The Morgan fingerprint density at radius 3 is 2.35 bits per heavy atom. The number of aryl methyl sites for hydroxylation is 2. The molecule has 0 heterocycles. The molecule has 0 aliphatic rings. The van der Waals surface area contributed by atoms with E-state index in [4.69, 9.17) is 12.2 Å². The van der Waals surface area contributed by atoms with Crippen LogP contribution < -0.4 is 10.2 Å². The smallest absolute Gasteiger partial charge is 0.177 e. The normalized spacial score (nSPS) is 10.2. The van der Waals surface area contributed by atoms with E-state index in [0.29, 0.717) is 0 Å². The molecule has 20 heavy (non-hydrogen) atoms. The van der Waals surface area contributed by atoms with Gasteiger partial charge in [0.15, 0.2) is 5.11 Å². The second kappa shape index (κ2) is 6.53. The number of hydrogen-bond acceptors (Lipinski definition) is 1. The second-order valence-electron chi connectivity index (χ2n) is 4.81. The summed E-state index contributed by atoms with van der Waals surface area (Å²) in [5.74, 6) is 0. The fraction of sp³-hybridized carbons (Fsp3) is 0.235. The first kappa shape index (κ1) is 14.5. The van der Waals surface area contributed by atoms with Gasteiger partial charge in [-0.15, -0.1) is 0 Å². The molecule has 0 amide bonds. The van der Waals surface area contributed by atoms with E-state index in [1.165, 1.54) is 11.1 Å². The number of thiocarbonyl (C=S) groups is 1. The number of anilines is 2. The van der Waals surface area contributed by atoms with Crippen LogP contribution in [0.5, 0.6) is 0 Å². The summed E-state index contributed by atoms with van der Waals surface area (Å²) in [5, 5.41) is 4.04. The SMILES string of the molecule is CCN(C(=S)Nc1ccc(C)c(C)c1)c1ccccc1. The Labute approximate surface area is 126 Å². The van der Waals surface area contributed by atoms with Crippen LogP contribution in [-0.4, -0.2) is 11.7 Å². The predicted octanol–water partition coefficient (Wildman–Crippen LogP) is 4.53. The van der Waals surface area contributed by atoms with Gasteiger partial charge in [0, 0.05) is 17.9 Å². The molecule has 3 heteroatoms. The van der Waals surface area contributed by atoms with Crippen molar-refractivity contribution in [2.45, 2.75) is 20.8 Å². The first-order valence-electron chi connectivity index (χ1n) is 6.82. The number of nitrogens with zero attached hydrogens (tertiary/aromatic N) is 1. The minimum atomic E-state index is 0.724. The Morgan fingerprint density at radius 2 is 1.75 bits per heavy atom. The fourth-order valence-corrected chi connectivity index (χ4v) is 2.41. The van der Waals surface area contributed by atoms with Gasteiger partial charge in [-0.1, -0.05) is 24.3 Å². The first-order chi connectivity index (χ1) is 9.61. The lowest BCUT2D eigenvalue weighted by molar-refractivity contribution is 1.07. The molecular weight excluding hydrogens is 264 g/mol. The lowest BCUT2D eigenvalue weighted by atomic mass is 10.1. The van der Waals surface area contributed by atoms with Crippen LogP contribution in [0.1, 0.15) is 18.1 Å². The number of para-hydroxylation sites is 1. The molecule has 0 spiro atoms. The van der Waals surface area contributed by atoms with Crippen molar-refractivity contribution in [1.82, 2.24) is 0 Å². The summed E-state index contributed by atoms with van der Waals surface area (Å²) < 4.78 is 0. The number of benzene rings is 2. The maximum Gasteiger partial charge on any atom is 0.177 e. The molecule has 2 rings (SSSR count). The highest BCUT2D eigenvalue weighted by atomic mass is 32.1. The van der Waals surface area contributed by atoms with E-state index < -0.39 is 0 Å². The third kappa shape index (κ3) is 3.36. The minimum absolute atomic E-state index is 0.724. The van der Waals surface area contributed by atoms with Gasteiger partial charge in [-0.05, 0) is 68.4 Å². The molecule has 1 N–H and O–H groups in total. The monoisotopic (exact) mass is 284 g/mol. The van der Waals surface area contributed by atoms with E-state index in [9.17, 15) is 0 Å². The van der Waals surface area contributed by atoms with Crippen molar-refractivity contribution >= 4 is 28.7 Å². The Bertz CT molecular complexity index is 593. The number of nitrogens with one attached hydrogen (secondary N) is 1.